The first-order chi connectivity index (χ1) is 9.83. The first-order valence-corrected chi connectivity index (χ1v) is 6.95. The van der Waals surface area contributed by atoms with Gasteiger partial charge in [0.2, 0.25) is 0 Å². The Morgan fingerprint density at radius 3 is 2.30 bits per heavy atom. The lowest BCUT2D eigenvalue weighted by Crippen LogP contribution is -2.05. The molecule has 0 aliphatic rings. The molecule has 0 saturated heterocycles. The lowest BCUT2D eigenvalue weighted by Gasteiger charge is -2.13. The van der Waals surface area contributed by atoms with Gasteiger partial charge in [-0.25, -0.2) is 4.98 Å². The van der Waals surface area contributed by atoms with Crippen LogP contribution in [-0.4, -0.2) is 9.55 Å². The van der Waals surface area contributed by atoms with Gasteiger partial charge in [-0.15, -0.1) is 0 Å². The third-order valence-electron chi connectivity index (χ3n) is 3.63. The molecule has 1 heterocycles. The third kappa shape index (κ3) is 2.80. The Morgan fingerprint density at radius 2 is 1.65 bits per heavy atom. The minimum Gasteiger partial charge on any atom is -0.334 e. The van der Waals surface area contributed by atoms with Gasteiger partial charge in [0.15, 0.2) is 0 Å². The molecule has 0 bridgehead atoms. The molecule has 0 spiro atoms. The summed E-state index contributed by atoms with van der Waals surface area (Å²) in [6, 6.07) is 19.7. The summed E-state index contributed by atoms with van der Waals surface area (Å²) in [6.45, 7) is 2.22. The molecule has 2 nitrogen and oxygen atoms in total. The molecule has 3 rings (SSSR count). The summed E-state index contributed by atoms with van der Waals surface area (Å²) in [7, 11) is 0. The number of aromatic nitrogens is 2. The highest BCUT2D eigenvalue weighted by molar-refractivity contribution is 5.63. The molecule has 1 atom stereocenters. The second-order valence-corrected chi connectivity index (χ2v) is 5.13. The normalized spacial score (nSPS) is 12.2. The van der Waals surface area contributed by atoms with Crippen molar-refractivity contribution < 1.29 is 0 Å². The van der Waals surface area contributed by atoms with Crippen molar-refractivity contribution >= 4 is 0 Å². The van der Waals surface area contributed by atoms with Crippen molar-refractivity contribution in [3.63, 3.8) is 0 Å². The molecule has 100 valence electrons. The Kier molecular flexibility index (Phi) is 3.64. The maximum Gasteiger partial charge on any atom is 0.0948 e. The Hall–Kier alpha value is -2.35. The summed E-state index contributed by atoms with van der Waals surface area (Å²) in [5.41, 5.74) is 3.89. The molecule has 3 aromatic rings. The highest BCUT2D eigenvalue weighted by Gasteiger charge is 2.05. The van der Waals surface area contributed by atoms with Gasteiger partial charge in [-0.3, -0.25) is 0 Å². The van der Waals surface area contributed by atoms with Crippen molar-refractivity contribution in [2.75, 3.05) is 0 Å². The van der Waals surface area contributed by atoms with Crippen molar-refractivity contribution in [1.29, 1.82) is 0 Å². The van der Waals surface area contributed by atoms with Gasteiger partial charge in [-0.1, -0.05) is 54.6 Å². The van der Waals surface area contributed by atoms with E-state index >= 15 is 0 Å². The molecule has 0 N–H and O–H groups in total. The summed E-state index contributed by atoms with van der Waals surface area (Å²) < 4.78 is 2.14. The van der Waals surface area contributed by atoms with Crippen LogP contribution in [0.3, 0.4) is 0 Å². The van der Waals surface area contributed by atoms with Crippen LogP contribution in [0.2, 0.25) is 0 Å². The zero-order chi connectivity index (χ0) is 13.8. The zero-order valence-corrected chi connectivity index (χ0v) is 11.6. The van der Waals surface area contributed by atoms with Crippen LogP contribution in [0.25, 0.3) is 11.1 Å². The number of nitrogens with zero attached hydrogens (tertiary/aromatic N) is 2. The molecule has 0 radical (unpaired) electrons. The van der Waals surface area contributed by atoms with Crippen LogP contribution in [0, 0.1) is 0 Å². The van der Waals surface area contributed by atoms with E-state index in [0.717, 1.165) is 6.42 Å². The van der Waals surface area contributed by atoms with Crippen LogP contribution in [-0.2, 0) is 6.42 Å². The van der Waals surface area contributed by atoms with Crippen LogP contribution in [0.5, 0.6) is 0 Å². The van der Waals surface area contributed by atoms with Gasteiger partial charge in [0.1, 0.15) is 0 Å². The minimum absolute atomic E-state index is 0.431. The lowest BCUT2D eigenvalue weighted by molar-refractivity contribution is 0.544. The fourth-order valence-electron chi connectivity index (χ4n) is 2.44. The average molecular weight is 262 g/mol. The van der Waals surface area contributed by atoms with Crippen molar-refractivity contribution in [3.8, 4) is 11.1 Å². The standard InChI is InChI=1S/C18H18N2/c1-15(20-12-11-19-14-20)13-16-7-9-18(10-8-16)17-5-3-2-4-6-17/h2-12,14-15H,13H2,1H3. The van der Waals surface area contributed by atoms with E-state index < -0.39 is 0 Å². The van der Waals surface area contributed by atoms with E-state index in [9.17, 15) is 0 Å². The summed E-state index contributed by atoms with van der Waals surface area (Å²) in [6.07, 6.45) is 6.74. The van der Waals surface area contributed by atoms with Crippen molar-refractivity contribution in [1.82, 2.24) is 9.55 Å². The molecule has 0 aliphatic heterocycles. The number of rotatable bonds is 4. The van der Waals surface area contributed by atoms with Crippen LogP contribution in [0.15, 0.2) is 73.3 Å². The topological polar surface area (TPSA) is 17.8 Å². The fourth-order valence-corrected chi connectivity index (χ4v) is 2.44. The molecular weight excluding hydrogens is 244 g/mol. The first-order valence-electron chi connectivity index (χ1n) is 6.95. The fraction of sp³-hybridized carbons (Fsp3) is 0.167. The molecule has 0 saturated carbocycles. The van der Waals surface area contributed by atoms with Crippen LogP contribution >= 0.6 is 0 Å². The Labute approximate surface area is 119 Å². The quantitative estimate of drug-likeness (QED) is 0.683. The molecular formula is C18H18N2. The zero-order valence-electron chi connectivity index (χ0n) is 11.6. The Bertz CT molecular complexity index is 640. The molecule has 1 unspecified atom stereocenters. The van der Waals surface area contributed by atoms with Gasteiger partial charge in [-0.05, 0) is 30.0 Å². The van der Waals surface area contributed by atoms with Gasteiger partial charge in [0.25, 0.3) is 0 Å². The average Bonchev–Trinajstić information content (AvgIpc) is 3.03. The Balaban J connectivity index is 1.74. The molecule has 2 heteroatoms. The number of hydrogen-bond acceptors (Lipinski definition) is 1. The van der Waals surface area contributed by atoms with Crippen LogP contribution < -0.4 is 0 Å². The van der Waals surface area contributed by atoms with E-state index in [-0.39, 0.29) is 0 Å². The van der Waals surface area contributed by atoms with Gasteiger partial charge in [-0.2, -0.15) is 0 Å². The predicted molar refractivity (Wildman–Crippen MR) is 82.5 cm³/mol. The van der Waals surface area contributed by atoms with Crippen LogP contribution in [0.4, 0.5) is 0 Å². The lowest BCUT2D eigenvalue weighted by atomic mass is 10.0. The van der Waals surface area contributed by atoms with Gasteiger partial charge in [0, 0.05) is 18.4 Å². The minimum atomic E-state index is 0.431. The second kappa shape index (κ2) is 5.74. The number of imidazole rings is 1. The van der Waals surface area contributed by atoms with Crippen LogP contribution in [0.1, 0.15) is 18.5 Å². The monoisotopic (exact) mass is 262 g/mol. The van der Waals surface area contributed by atoms with E-state index in [2.05, 4.69) is 65.0 Å². The summed E-state index contributed by atoms with van der Waals surface area (Å²) in [5, 5.41) is 0. The molecule has 0 aliphatic carbocycles. The summed E-state index contributed by atoms with van der Waals surface area (Å²) >= 11 is 0. The van der Waals surface area contributed by atoms with Crippen molar-refractivity contribution in [2.45, 2.75) is 19.4 Å². The van der Waals surface area contributed by atoms with E-state index in [4.69, 9.17) is 0 Å². The summed E-state index contributed by atoms with van der Waals surface area (Å²) in [4.78, 5) is 4.10. The molecule has 20 heavy (non-hydrogen) atoms. The maximum absolute atomic E-state index is 4.10. The Morgan fingerprint density at radius 1 is 0.950 bits per heavy atom. The van der Waals surface area contributed by atoms with E-state index in [1.165, 1.54) is 16.7 Å². The van der Waals surface area contributed by atoms with Crippen molar-refractivity contribution in [2.24, 2.45) is 0 Å². The van der Waals surface area contributed by atoms with E-state index in [1.54, 1.807) is 0 Å². The highest BCUT2D eigenvalue weighted by Crippen LogP contribution is 2.21. The van der Waals surface area contributed by atoms with E-state index in [0.29, 0.717) is 6.04 Å². The molecule has 2 aromatic carbocycles. The van der Waals surface area contributed by atoms with Gasteiger partial charge in [0.05, 0.1) is 6.33 Å². The number of benzene rings is 2. The molecule has 1 aromatic heterocycles. The smallest absolute Gasteiger partial charge is 0.0948 e. The predicted octanol–water partition coefficient (Wildman–Crippen LogP) is 4.35. The maximum atomic E-state index is 4.10. The molecule has 0 amide bonds. The number of hydrogen-bond donors (Lipinski definition) is 0. The van der Waals surface area contributed by atoms with Gasteiger partial charge >= 0.3 is 0 Å². The van der Waals surface area contributed by atoms with E-state index in [1.807, 2.05) is 24.8 Å². The third-order valence-corrected chi connectivity index (χ3v) is 3.63. The second-order valence-electron chi connectivity index (χ2n) is 5.13. The largest absolute Gasteiger partial charge is 0.334 e. The van der Waals surface area contributed by atoms with Crippen molar-refractivity contribution in [3.05, 3.63) is 78.9 Å². The summed E-state index contributed by atoms with van der Waals surface area (Å²) in [5.74, 6) is 0. The molecule has 0 fully saturated rings. The first kappa shape index (κ1) is 12.7. The SMILES string of the molecule is CC(Cc1ccc(-c2ccccc2)cc1)n1ccnc1. The van der Waals surface area contributed by atoms with Gasteiger partial charge < -0.3 is 4.57 Å². The highest BCUT2D eigenvalue weighted by atomic mass is 15.0.